The number of aromatic amines is 2. The van der Waals surface area contributed by atoms with Gasteiger partial charge in [-0.3, -0.25) is 0 Å². The Hall–Kier alpha value is -1.88. The number of rotatable bonds is 3. The number of nitrogens with one attached hydrogen (secondary N) is 2. The summed E-state index contributed by atoms with van der Waals surface area (Å²) in [6, 6.07) is 5.65. The van der Waals surface area contributed by atoms with Crippen LogP contribution in [0.4, 0.5) is 0 Å². The second-order valence-corrected chi connectivity index (χ2v) is 4.84. The van der Waals surface area contributed by atoms with Gasteiger partial charge >= 0.3 is 5.97 Å². The van der Waals surface area contributed by atoms with Gasteiger partial charge in [-0.25, -0.2) is 4.79 Å². The molecule has 1 heterocycles. The van der Waals surface area contributed by atoms with Crippen molar-refractivity contribution in [1.29, 1.82) is 0 Å². The maximum atomic E-state index is 11.7. The van der Waals surface area contributed by atoms with Crippen molar-refractivity contribution in [3.05, 3.63) is 51.6 Å². The van der Waals surface area contributed by atoms with Crippen molar-refractivity contribution in [3.8, 4) is 0 Å². The number of hydrogen-bond acceptors (Lipinski definition) is 3. The Kier molecular flexibility index (Phi) is 3.85. The summed E-state index contributed by atoms with van der Waals surface area (Å²) >= 11 is 5.04. The molecule has 100 valence electrons. The van der Waals surface area contributed by atoms with Crippen molar-refractivity contribution >= 4 is 18.2 Å². The van der Waals surface area contributed by atoms with Crippen molar-refractivity contribution in [3.63, 3.8) is 0 Å². The van der Waals surface area contributed by atoms with Crippen LogP contribution in [-0.2, 0) is 4.74 Å². The van der Waals surface area contributed by atoms with Crippen molar-refractivity contribution in [2.45, 2.75) is 19.8 Å². The van der Waals surface area contributed by atoms with Crippen LogP contribution in [0.5, 0.6) is 0 Å². The molecule has 1 unspecified atom stereocenters. The first kappa shape index (κ1) is 13.5. The number of carbonyl (C=O) groups excluding carboxylic acids is 1. The fourth-order valence-corrected chi connectivity index (χ4v) is 2.38. The minimum atomic E-state index is -0.312. The zero-order chi connectivity index (χ0) is 14.0. The zero-order valence-corrected chi connectivity index (χ0v) is 11.9. The lowest BCUT2D eigenvalue weighted by Crippen LogP contribution is -2.08. The van der Waals surface area contributed by atoms with Gasteiger partial charge in [0.1, 0.15) is 0 Å². The molecule has 19 heavy (non-hydrogen) atoms. The molecular weight excluding hydrogens is 260 g/mol. The minimum Gasteiger partial charge on any atom is -0.465 e. The third-order valence-corrected chi connectivity index (χ3v) is 3.55. The largest absolute Gasteiger partial charge is 0.465 e. The second kappa shape index (κ2) is 5.40. The molecule has 0 bridgehead atoms. The molecule has 0 radical (unpaired) electrons. The van der Waals surface area contributed by atoms with E-state index < -0.39 is 0 Å². The van der Waals surface area contributed by atoms with Gasteiger partial charge in [-0.2, -0.15) is 0 Å². The Morgan fingerprint density at radius 3 is 2.74 bits per heavy atom. The molecular formula is C14H16N2O2S. The molecule has 0 aliphatic carbocycles. The van der Waals surface area contributed by atoms with E-state index in [4.69, 9.17) is 17.0 Å². The van der Waals surface area contributed by atoms with Gasteiger partial charge in [0, 0.05) is 17.8 Å². The summed E-state index contributed by atoms with van der Waals surface area (Å²) in [6.45, 7) is 4.00. The molecule has 5 heteroatoms. The summed E-state index contributed by atoms with van der Waals surface area (Å²) in [5, 5.41) is 0. The number of ether oxygens (including phenoxy) is 1. The van der Waals surface area contributed by atoms with E-state index >= 15 is 0 Å². The van der Waals surface area contributed by atoms with E-state index in [1.807, 2.05) is 25.3 Å². The van der Waals surface area contributed by atoms with Crippen LogP contribution in [0.25, 0.3) is 0 Å². The molecule has 0 spiro atoms. The van der Waals surface area contributed by atoms with Crippen LogP contribution in [0.1, 0.15) is 40.0 Å². The lowest BCUT2D eigenvalue weighted by Gasteiger charge is -2.15. The van der Waals surface area contributed by atoms with E-state index in [0.717, 1.165) is 16.8 Å². The molecule has 1 aromatic carbocycles. The molecule has 0 saturated heterocycles. The summed E-state index contributed by atoms with van der Waals surface area (Å²) in [6.07, 6.45) is 1.86. The summed E-state index contributed by atoms with van der Waals surface area (Å²) in [5.74, 6) is -0.189. The highest BCUT2D eigenvalue weighted by Gasteiger charge is 2.17. The zero-order valence-electron chi connectivity index (χ0n) is 11.1. The average Bonchev–Trinajstić information content (AvgIpc) is 2.84. The second-order valence-electron chi connectivity index (χ2n) is 4.43. The predicted octanol–water partition coefficient (Wildman–Crippen LogP) is 3.32. The Morgan fingerprint density at radius 2 is 2.16 bits per heavy atom. The van der Waals surface area contributed by atoms with Crippen molar-refractivity contribution < 1.29 is 9.53 Å². The summed E-state index contributed by atoms with van der Waals surface area (Å²) in [4.78, 5) is 17.8. The van der Waals surface area contributed by atoms with E-state index in [0.29, 0.717) is 10.3 Å². The van der Waals surface area contributed by atoms with Crippen molar-refractivity contribution in [2.24, 2.45) is 0 Å². The number of benzene rings is 1. The van der Waals surface area contributed by atoms with Crippen LogP contribution >= 0.6 is 12.2 Å². The van der Waals surface area contributed by atoms with Gasteiger partial charge < -0.3 is 14.7 Å². The first-order valence-corrected chi connectivity index (χ1v) is 6.40. The standard InChI is InChI=1S/C14H16N2O2S/c1-8-10(5-4-6-11(8)13(17)18-3)9(2)12-7-15-14(19)16-12/h4-7,9H,1-3H3,(H2,15,16,19). The van der Waals surface area contributed by atoms with E-state index in [-0.39, 0.29) is 11.9 Å². The Morgan fingerprint density at radius 1 is 1.42 bits per heavy atom. The highest BCUT2D eigenvalue weighted by Crippen LogP contribution is 2.27. The summed E-state index contributed by atoms with van der Waals surface area (Å²) < 4.78 is 5.39. The lowest BCUT2D eigenvalue weighted by atomic mass is 9.91. The highest BCUT2D eigenvalue weighted by molar-refractivity contribution is 7.71. The van der Waals surface area contributed by atoms with Crippen LogP contribution in [0.3, 0.4) is 0 Å². The first-order valence-electron chi connectivity index (χ1n) is 6.00. The molecule has 2 N–H and O–H groups in total. The lowest BCUT2D eigenvalue weighted by molar-refractivity contribution is 0.0600. The Balaban J connectivity index is 2.45. The number of methoxy groups -OCH3 is 1. The molecule has 0 aliphatic heterocycles. The van der Waals surface area contributed by atoms with Gasteiger partial charge in [-0.15, -0.1) is 0 Å². The Labute approximate surface area is 116 Å². The van der Waals surface area contributed by atoms with Crippen LogP contribution in [-0.4, -0.2) is 23.0 Å². The topological polar surface area (TPSA) is 57.9 Å². The molecule has 0 amide bonds. The van der Waals surface area contributed by atoms with E-state index in [9.17, 15) is 4.79 Å². The number of carbonyl (C=O) groups is 1. The summed E-state index contributed by atoms with van der Waals surface area (Å²) in [5.41, 5.74) is 3.60. The van der Waals surface area contributed by atoms with Gasteiger partial charge in [0.25, 0.3) is 0 Å². The average molecular weight is 276 g/mol. The number of imidazole rings is 1. The Bertz CT molecular complexity index is 657. The molecule has 2 aromatic rings. The number of aromatic nitrogens is 2. The fraction of sp³-hybridized carbons (Fsp3) is 0.286. The minimum absolute atomic E-state index is 0.123. The molecule has 0 fully saturated rings. The number of esters is 1. The molecule has 0 aliphatic rings. The van der Waals surface area contributed by atoms with Crippen molar-refractivity contribution in [2.75, 3.05) is 7.11 Å². The van der Waals surface area contributed by atoms with E-state index in [2.05, 4.69) is 16.9 Å². The van der Waals surface area contributed by atoms with Gasteiger partial charge in [0.15, 0.2) is 4.77 Å². The third kappa shape index (κ3) is 2.61. The molecule has 0 saturated carbocycles. The van der Waals surface area contributed by atoms with Crippen LogP contribution in [0.15, 0.2) is 24.4 Å². The number of H-pyrrole nitrogens is 2. The smallest absolute Gasteiger partial charge is 0.338 e. The van der Waals surface area contributed by atoms with Crippen LogP contribution in [0.2, 0.25) is 0 Å². The molecule has 1 aromatic heterocycles. The molecule has 4 nitrogen and oxygen atoms in total. The maximum absolute atomic E-state index is 11.7. The number of hydrogen-bond donors (Lipinski definition) is 2. The van der Waals surface area contributed by atoms with Crippen molar-refractivity contribution in [1.82, 2.24) is 9.97 Å². The highest BCUT2D eigenvalue weighted by atomic mass is 32.1. The monoisotopic (exact) mass is 276 g/mol. The molecule has 2 rings (SSSR count). The van der Waals surface area contributed by atoms with Gasteiger partial charge in [0.2, 0.25) is 0 Å². The van der Waals surface area contributed by atoms with E-state index in [1.54, 1.807) is 6.07 Å². The third-order valence-electron chi connectivity index (χ3n) is 3.33. The van der Waals surface area contributed by atoms with Crippen LogP contribution < -0.4 is 0 Å². The maximum Gasteiger partial charge on any atom is 0.338 e. The SMILES string of the molecule is COC(=O)c1cccc(C(C)c2c[nH]c(=S)[nH]2)c1C. The van der Waals surface area contributed by atoms with Gasteiger partial charge in [0.05, 0.1) is 12.7 Å². The normalized spacial score (nSPS) is 12.2. The fourth-order valence-electron chi connectivity index (χ4n) is 2.20. The van der Waals surface area contributed by atoms with Crippen LogP contribution in [0, 0.1) is 11.7 Å². The van der Waals surface area contributed by atoms with E-state index in [1.165, 1.54) is 7.11 Å². The van der Waals surface area contributed by atoms with Gasteiger partial charge in [-0.1, -0.05) is 19.1 Å². The molecule has 1 atom stereocenters. The first-order chi connectivity index (χ1) is 9.04. The summed E-state index contributed by atoms with van der Waals surface area (Å²) in [7, 11) is 1.39. The quantitative estimate of drug-likeness (QED) is 0.668. The van der Waals surface area contributed by atoms with Gasteiger partial charge in [-0.05, 0) is 36.3 Å². The predicted molar refractivity (Wildman–Crippen MR) is 76.0 cm³/mol.